The molecule has 0 saturated carbocycles. The summed E-state index contributed by atoms with van der Waals surface area (Å²) in [6.07, 6.45) is 0.209. The lowest BCUT2D eigenvalue weighted by Gasteiger charge is -2.11. The summed E-state index contributed by atoms with van der Waals surface area (Å²) in [5.41, 5.74) is 1.45. The van der Waals surface area contributed by atoms with Crippen LogP contribution in [0.3, 0.4) is 0 Å². The minimum absolute atomic E-state index is 0.0884. The van der Waals surface area contributed by atoms with E-state index in [9.17, 15) is 9.50 Å². The van der Waals surface area contributed by atoms with E-state index in [2.05, 4.69) is 0 Å². The van der Waals surface area contributed by atoms with E-state index in [-0.39, 0.29) is 11.6 Å². The maximum Gasteiger partial charge on any atom is 0.142 e. The molecule has 106 valence electrons. The first kappa shape index (κ1) is 14.8. The highest BCUT2D eigenvalue weighted by atomic mass is 35.5. The van der Waals surface area contributed by atoms with Crippen LogP contribution in [0.4, 0.5) is 4.39 Å². The van der Waals surface area contributed by atoms with Gasteiger partial charge >= 0.3 is 0 Å². The van der Waals surface area contributed by atoms with Gasteiger partial charge in [-0.3, -0.25) is 0 Å². The van der Waals surface area contributed by atoms with Gasteiger partial charge in [-0.25, -0.2) is 4.39 Å². The van der Waals surface area contributed by atoms with Crippen LogP contribution in [0.25, 0.3) is 0 Å². The van der Waals surface area contributed by atoms with Crippen molar-refractivity contribution in [1.82, 2.24) is 0 Å². The molecule has 2 aromatic carbocycles. The molecule has 0 saturated heterocycles. The topological polar surface area (TPSA) is 29.5 Å². The Morgan fingerprint density at radius 1 is 1.20 bits per heavy atom. The number of hydrogen-bond donors (Lipinski definition) is 1. The molecule has 4 heteroatoms. The molecule has 1 atom stereocenters. The number of aliphatic hydroxyl groups excluding tert-OH is 1. The minimum Gasteiger partial charge on any atom is -0.489 e. The molecule has 0 aliphatic rings. The highest BCUT2D eigenvalue weighted by molar-refractivity contribution is 6.31. The summed E-state index contributed by atoms with van der Waals surface area (Å²) >= 11 is 5.86. The second-order valence-electron chi connectivity index (χ2n) is 4.49. The van der Waals surface area contributed by atoms with Gasteiger partial charge in [-0.1, -0.05) is 42.8 Å². The highest BCUT2D eigenvalue weighted by Gasteiger charge is 2.07. The predicted octanol–water partition coefficient (Wildman–Crippen LogP) is 4.50. The molecule has 0 heterocycles. The number of hydrogen-bond acceptors (Lipinski definition) is 2. The van der Waals surface area contributed by atoms with Crippen molar-refractivity contribution in [3.63, 3.8) is 0 Å². The van der Waals surface area contributed by atoms with E-state index < -0.39 is 11.9 Å². The number of rotatable bonds is 5. The molecule has 0 aliphatic heterocycles. The van der Waals surface area contributed by atoms with Crippen molar-refractivity contribution < 1.29 is 14.2 Å². The first-order valence-corrected chi connectivity index (χ1v) is 6.83. The van der Waals surface area contributed by atoms with E-state index in [4.69, 9.17) is 16.3 Å². The molecule has 0 aliphatic carbocycles. The van der Waals surface area contributed by atoms with Crippen LogP contribution in [0.5, 0.6) is 5.75 Å². The van der Waals surface area contributed by atoms with Crippen molar-refractivity contribution >= 4 is 11.6 Å². The summed E-state index contributed by atoms with van der Waals surface area (Å²) in [6, 6.07) is 11.8. The van der Waals surface area contributed by atoms with Crippen LogP contribution < -0.4 is 4.74 Å². The summed E-state index contributed by atoms with van der Waals surface area (Å²) in [7, 11) is 0. The second kappa shape index (κ2) is 6.73. The van der Waals surface area contributed by atoms with Crippen LogP contribution in [-0.4, -0.2) is 5.11 Å². The highest BCUT2D eigenvalue weighted by Crippen LogP contribution is 2.23. The Labute approximate surface area is 122 Å². The molecule has 2 aromatic rings. The molecule has 0 radical (unpaired) electrons. The Bertz CT molecular complexity index is 569. The van der Waals surface area contributed by atoms with Gasteiger partial charge in [-0.15, -0.1) is 0 Å². The fourth-order valence-corrected chi connectivity index (χ4v) is 2.02. The van der Waals surface area contributed by atoms with E-state index in [1.54, 1.807) is 24.3 Å². The zero-order valence-corrected chi connectivity index (χ0v) is 11.9. The Morgan fingerprint density at radius 3 is 2.55 bits per heavy atom. The molecular formula is C16H16ClFO2. The molecule has 0 amide bonds. The second-order valence-corrected chi connectivity index (χ2v) is 4.87. The third-order valence-electron chi connectivity index (χ3n) is 3.08. The Balaban J connectivity index is 2.02. The Morgan fingerprint density at radius 2 is 1.90 bits per heavy atom. The van der Waals surface area contributed by atoms with Crippen LogP contribution in [0.2, 0.25) is 5.02 Å². The number of benzene rings is 2. The van der Waals surface area contributed by atoms with Gasteiger partial charge in [-0.05, 0) is 30.2 Å². The lowest BCUT2D eigenvalue weighted by molar-refractivity contribution is 0.173. The van der Waals surface area contributed by atoms with E-state index in [1.165, 1.54) is 6.07 Å². The van der Waals surface area contributed by atoms with Crippen molar-refractivity contribution in [2.24, 2.45) is 0 Å². The lowest BCUT2D eigenvalue weighted by atomic mass is 10.1. The standard InChI is InChI=1S/C16H16ClFO2/c1-2-15(19)11-6-8-13(9-7-11)20-10-12-4-3-5-14(18)16(12)17/h3-9,15,19H,2,10H2,1H3/t15-/m1/s1. The van der Waals surface area contributed by atoms with Crippen molar-refractivity contribution in [3.8, 4) is 5.75 Å². The lowest BCUT2D eigenvalue weighted by Crippen LogP contribution is -1.99. The molecule has 0 fully saturated rings. The zero-order valence-electron chi connectivity index (χ0n) is 11.1. The van der Waals surface area contributed by atoms with Crippen molar-refractivity contribution in [2.45, 2.75) is 26.1 Å². The van der Waals surface area contributed by atoms with Gasteiger partial charge in [0.15, 0.2) is 0 Å². The minimum atomic E-state index is -0.457. The van der Waals surface area contributed by atoms with E-state index >= 15 is 0 Å². The molecule has 1 N–H and O–H groups in total. The van der Waals surface area contributed by atoms with E-state index in [0.717, 1.165) is 5.56 Å². The molecule has 0 aromatic heterocycles. The van der Waals surface area contributed by atoms with Gasteiger partial charge in [-0.2, -0.15) is 0 Å². The van der Waals surface area contributed by atoms with Crippen LogP contribution in [-0.2, 0) is 6.61 Å². The van der Waals surface area contributed by atoms with Crippen LogP contribution in [0, 0.1) is 5.82 Å². The summed E-state index contributed by atoms with van der Waals surface area (Å²) < 4.78 is 18.8. The van der Waals surface area contributed by atoms with Gasteiger partial charge < -0.3 is 9.84 Å². The van der Waals surface area contributed by atoms with Crippen LogP contribution in [0.15, 0.2) is 42.5 Å². The van der Waals surface area contributed by atoms with Crippen molar-refractivity contribution in [1.29, 1.82) is 0 Å². The Kier molecular flexibility index (Phi) is 4.99. The van der Waals surface area contributed by atoms with E-state index in [0.29, 0.717) is 17.7 Å². The number of aliphatic hydroxyl groups is 1. The summed E-state index contributed by atoms with van der Waals surface area (Å²) in [5, 5.41) is 9.78. The molecule has 0 unspecified atom stereocenters. The zero-order chi connectivity index (χ0) is 14.5. The smallest absolute Gasteiger partial charge is 0.142 e. The van der Waals surface area contributed by atoms with Gasteiger partial charge in [0.1, 0.15) is 18.2 Å². The summed E-state index contributed by atoms with van der Waals surface area (Å²) in [4.78, 5) is 0. The van der Waals surface area contributed by atoms with Gasteiger partial charge in [0, 0.05) is 5.56 Å². The van der Waals surface area contributed by atoms with Crippen molar-refractivity contribution in [3.05, 3.63) is 64.4 Å². The van der Waals surface area contributed by atoms with Gasteiger partial charge in [0.05, 0.1) is 11.1 Å². The average Bonchev–Trinajstić information content (AvgIpc) is 2.48. The fourth-order valence-electron chi connectivity index (χ4n) is 1.84. The number of ether oxygens (including phenoxy) is 1. The first-order valence-electron chi connectivity index (χ1n) is 6.45. The third kappa shape index (κ3) is 3.50. The normalized spacial score (nSPS) is 12.2. The molecule has 0 bridgehead atoms. The molecule has 2 rings (SSSR count). The quantitative estimate of drug-likeness (QED) is 0.879. The van der Waals surface area contributed by atoms with Crippen molar-refractivity contribution in [2.75, 3.05) is 0 Å². The maximum atomic E-state index is 13.3. The average molecular weight is 295 g/mol. The summed E-state index contributed by atoms with van der Waals surface area (Å²) in [5.74, 6) is 0.201. The SMILES string of the molecule is CC[C@@H](O)c1ccc(OCc2cccc(F)c2Cl)cc1. The Hall–Kier alpha value is -1.58. The van der Waals surface area contributed by atoms with Gasteiger partial charge in [0.25, 0.3) is 0 Å². The first-order chi connectivity index (χ1) is 9.61. The third-order valence-corrected chi connectivity index (χ3v) is 3.50. The molecule has 20 heavy (non-hydrogen) atoms. The van der Waals surface area contributed by atoms with Gasteiger partial charge in [0.2, 0.25) is 0 Å². The predicted molar refractivity (Wildman–Crippen MR) is 77.4 cm³/mol. The summed E-state index contributed by atoms with van der Waals surface area (Å²) in [6.45, 7) is 2.12. The fraction of sp³-hybridized carbons (Fsp3) is 0.250. The molecule has 0 spiro atoms. The van der Waals surface area contributed by atoms with E-state index in [1.807, 2.05) is 19.1 Å². The maximum absolute atomic E-state index is 13.3. The molecular weight excluding hydrogens is 279 g/mol. The largest absolute Gasteiger partial charge is 0.489 e. The number of halogens is 2. The monoisotopic (exact) mass is 294 g/mol. The molecule has 2 nitrogen and oxygen atoms in total. The van der Waals surface area contributed by atoms with Crippen LogP contribution >= 0.6 is 11.6 Å². The van der Waals surface area contributed by atoms with Crippen LogP contribution in [0.1, 0.15) is 30.6 Å².